The van der Waals surface area contributed by atoms with Crippen molar-refractivity contribution in [2.45, 2.75) is 13.6 Å². The highest BCUT2D eigenvalue weighted by molar-refractivity contribution is 5.55. The Morgan fingerprint density at radius 3 is 1.86 bits per heavy atom. The Morgan fingerprint density at radius 2 is 1.45 bits per heavy atom. The fraction of sp³-hybridized carbons (Fsp3) is 0.105. The lowest BCUT2D eigenvalue weighted by atomic mass is 10.1. The molecule has 3 rings (SSSR count). The number of rotatable bonds is 3. The minimum Gasteiger partial charge on any atom is -0.294 e. The van der Waals surface area contributed by atoms with Crippen LogP contribution in [0.25, 0.3) is 11.4 Å². The number of aryl methyl sites for hydroxylation is 1. The number of alkyl halides is 1. The van der Waals surface area contributed by atoms with Gasteiger partial charge in [0.15, 0.2) is 11.6 Å². The van der Waals surface area contributed by atoms with Crippen LogP contribution >= 0.6 is 0 Å². The molecule has 10 heteroatoms. The first kappa shape index (κ1) is 21.7. The summed E-state index contributed by atoms with van der Waals surface area (Å²) in [7, 11) is 0. The van der Waals surface area contributed by atoms with E-state index >= 15 is 0 Å². The standard InChI is InChI=1S/C12H9F3N2.C7H2F3NO/c1-7-5-16-12(17-6-7)8-2-10(14)9(4-13)11(15)3-8;8-6-1-4(12-10)2-7(9)5(6)3-11/h2-3,5-6H,4H2,1H3;1-2H. The molecule has 0 atom stereocenters. The van der Waals surface area contributed by atoms with Crippen LogP contribution in [0.15, 0.2) is 36.7 Å². The summed E-state index contributed by atoms with van der Waals surface area (Å²) in [6, 6.07) is 4.52. The molecule has 0 saturated carbocycles. The molecule has 2 aromatic carbocycles. The van der Waals surface area contributed by atoms with E-state index in [1.165, 1.54) is 6.07 Å². The number of hydrogen-bond acceptors (Lipinski definition) is 4. The molecule has 4 nitrogen and oxygen atoms in total. The summed E-state index contributed by atoms with van der Waals surface area (Å²) in [5.74, 6) is -4.54. The molecule has 0 spiro atoms. The van der Waals surface area contributed by atoms with Gasteiger partial charge in [0, 0.05) is 34.6 Å². The Hall–Kier alpha value is -3.61. The van der Waals surface area contributed by atoms with Crippen molar-refractivity contribution in [2.75, 3.05) is 0 Å². The van der Waals surface area contributed by atoms with Crippen molar-refractivity contribution in [2.24, 2.45) is 0 Å². The smallest absolute Gasteiger partial charge is 0.177 e. The third-order valence-corrected chi connectivity index (χ3v) is 3.53. The number of nitriles is 1. The minimum atomic E-state index is -1.17. The van der Waals surface area contributed by atoms with Crippen LogP contribution in [-0.2, 0) is 6.67 Å². The number of hydrogen-bond donors (Lipinski definition) is 0. The molecule has 3 aromatic rings. The van der Waals surface area contributed by atoms with Gasteiger partial charge < -0.3 is 0 Å². The Labute approximate surface area is 160 Å². The highest BCUT2D eigenvalue weighted by Crippen LogP contribution is 2.22. The van der Waals surface area contributed by atoms with Gasteiger partial charge in [0.2, 0.25) is 0 Å². The number of aromatic nitrogens is 2. The molecule has 29 heavy (non-hydrogen) atoms. The van der Waals surface area contributed by atoms with Gasteiger partial charge in [0.25, 0.3) is 0 Å². The molecule has 0 fully saturated rings. The van der Waals surface area contributed by atoms with E-state index in [-0.39, 0.29) is 11.4 Å². The molecule has 1 aromatic heterocycles. The van der Waals surface area contributed by atoms with Crippen molar-refractivity contribution in [3.05, 3.63) is 76.6 Å². The average Bonchev–Trinajstić information content (AvgIpc) is 2.68. The SMILES string of the molecule is Cc1cnc(-c2cc(F)c(CF)c(F)c2)nc1.N#Cc1c(F)cc(OF)cc1F. The van der Waals surface area contributed by atoms with Gasteiger partial charge in [-0.15, -0.1) is 0 Å². The number of nitrogens with zero attached hydrogens (tertiary/aromatic N) is 3. The zero-order valence-corrected chi connectivity index (χ0v) is 14.7. The molecule has 0 radical (unpaired) electrons. The predicted molar refractivity (Wildman–Crippen MR) is 89.7 cm³/mol. The topological polar surface area (TPSA) is 58.8 Å². The van der Waals surface area contributed by atoms with E-state index in [0.29, 0.717) is 12.1 Å². The fourth-order valence-electron chi connectivity index (χ4n) is 2.10. The molecule has 0 unspecified atom stereocenters. The molecule has 0 aliphatic rings. The lowest BCUT2D eigenvalue weighted by Crippen LogP contribution is -1.96. The van der Waals surface area contributed by atoms with E-state index in [1.54, 1.807) is 19.3 Å². The second kappa shape index (κ2) is 9.54. The van der Waals surface area contributed by atoms with E-state index < -0.39 is 46.8 Å². The zero-order valence-electron chi connectivity index (χ0n) is 14.7. The summed E-state index contributed by atoms with van der Waals surface area (Å²) < 4.78 is 75.6. The van der Waals surface area contributed by atoms with E-state index in [9.17, 15) is 26.5 Å². The van der Waals surface area contributed by atoms with Crippen molar-refractivity contribution >= 4 is 0 Å². The van der Waals surface area contributed by atoms with Gasteiger partial charge in [0.05, 0.1) is 5.56 Å². The third kappa shape index (κ3) is 5.22. The summed E-state index contributed by atoms with van der Waals surface area (Å²) in [5.41, 5.74) is -0.288. The first-order chi connectivity index (χ1) is 13.8. The van der Waals surface area contributed by atoms with Crippen molar-refractivity contribution < 1.29 is 31.4 Å². The van der Waals surface area contributed by atoms with Crippen molar-refractivity contribution in [1.29, 1.82) is 5.26 Å². The lowest BCUT2D eigenvalue weighted by Gasteiger charge is -2.04. The summed E-state index contributed by atoms with van der Waals surface area (Å²) in [6.07, 6.45) is 3.09. The van der Waals surface area contributed by atoms with Crippen molar-refractivity contribution in [1.82, 2.24) is 9.97 Å². The van der Waals surface area contributed by atoms with Gasteiger partial charge in [-0.3, -0.25) is 4.94 Å². The van der Waals surface area contributed by atoms with Crippen LogP contribution in [0.5, 0.6) is 5.75 Å². The zero-order chi connectivity index (χ0) is 21.6. The number of halogens is 6. The fourth-order valence-corrected chi connectivity index (χ4v) is 2.10. The minimum absolute atomic E-state index is 0.192. The molecule has 0 aliphatic carbocycles. The van der Waals surface area contributed by atoms with Crippen LogP contribution in [-0.4, -0.2) is 9.97 Å². The quantitative estimate of drug-likeness (QED) is 0.549. The highest BCUT2D eigenvalue weighted by Gasteiger charge is 2.13. The van der Waals surface area contributed by atoms with Crippen LogP contribution in [0.1, 0.15) is 16.7 Å². The van der Waals surface area contributed by atoms with Crippen molar-refractivity contribution in [3.8, 4) is 23.2 Å². The number of benzene rings is 2. The summed E-state index contributed by atoms with van der Waals surface area (Å²) in [4.78, 5) is 11.0. The van der Waals surface area contributed by atoms with E-state index in [4.69, 9.17) is 5.26 Å². The van der Waals surface area contributed by atoms with Gasteiger partial charge in [-0.1, -0.05) is 0 Å². The second-order valence-electron chi connectivity index (χ2n) is 5.59. The van der Waals surface area contributed by atoms with Gasteiger partial charge in [-0.05, 0) is 24.6 Å². The average molecular weight is 411 g/mol. The lowest BCUT2D eigenvalue weighted by molar-refractivity contribution is -0.00692. The van der Waals surface area contributed by atoms with Crippen LogP contribution < -0.4 is 4.94 Å². The highest BCUT2D eigenvalue weighted by atomic mass is 19.3. The van der Waals surface area contributed by atoms with Gasteiger partial charge in [-0.2, -0.15) is 5.26 Å². The maximum atomic E-state index is 13.3. The molecular formula is C19H11F6N3O. The predicted octanol–water partition coefficient (Wildman–Crippen LogP) is 5.30. The molecule has 150 valence electrons. The van der Waals surface area contributed by atoms with Gasteiger partial charge in [0.1, 0.15) is 41.6 Å². The maximum Gasteiger partial charge on any atom is 0.177 e. The van der Waals surface area contributed by atoms with Gasteiger partial charge >= 0.3 is 0 Å². The van der Waals surface area contributed by atoms with E-state index in [1.807, 2.05) is 0 Å². The monoisotopic (exact) mass is 411 g/mol. The molecule has 0 bridgehead atoms. The molecule has 1 heterocycles. The Balaban J connectivity index is 0.000000221. The van der Waals surface area contributed by atoms with Crippen LogP contribution in [0.2, 0.25) is 0 Å². The first-order valence-electron chi connectivity index (χ1n) is 7.81. The Bertz CT molecular complexity index is 1000. The summed E-state index contributed by atoms with van der Waals surface area (Å²) in [5, 5.41) is 8.20. The first-order valence-corrected chi connectivity index (χ1v) is 7.81. The molecule has 0 N–H and O–H groups in total. The summed E-state index contributed by atoms with van der Waals surface area (Å²) in [6.45, 7) is 0.629. The second-order valence-corrected chi connectivity index (χ2v) is 5.59. The van der Waals surface area contributed by atoms with Crippen LogP contribution in [0, 0.1) is 41.5 Å². The molecule has 0 aliphatic heterocycles. The molecular weight excluding hydrogens is 400 g/mol. The van der Waals surface area contributed by atoms with Crippen molar-refractivity contribution in [3.63, 3.8) is 0 Å². The maximum absolute atomic E-state index is 13.3. The summed E-state index contributed by atoms with van der Waals surface area (Å²) >= 11 is 0. The normalized spacial score (nSPS) is 10.0. The third-order valence-electron chi connectivity index (χ3n) is 3.53. The van der Waals surface area contributed by atoms with E-state index in [2.05, 4.69) is 14.9 Å². The Morgan fingerprint density at radius 1 is 0.931 bits per heavy atom. The van der Waals surface area contributed by atoms with Crippen LogP contribution in [0.4, 0.5) is 26.5 Å². The van der Waals surface area contributed by atoms with E-state index in [0.717, 1.165) is 17.7 Å². The van der Waals surface area contributed by atoms with Gasteiger partial charge in [-0.25, -0.2) is 31.9 Å². The molecule has 0 saturated heterocycles. The largest absolute Gasteiger partial charge is 0.294 e. The van der Waals surface area contributed by atoms with Crippen LogP contribution in [0.3, 0.4) is 0 Å². The Kier molecular flexibility index (Phi) is 7.14. The molecule has 0 amide bonds.